The van der Waals surface area contributed by atoms with Crippen LogP contribution in [0.2, 0.25) is 0 Å². The van der Waals surface area contributed by atoms with Crippen LogP contribution in [-0.2, 0) is 6.42 Å². The highest BCUT2D eigenvalue weighted by Crippen LogP contribution is 2.28. The average molecular weight is 229 g/mol. The molecular formula is C14H19N3. The van der Waals surface area contributed by atoms with Crippen LogP contribution in [0.3, 0.4) is 0 Å². The van der Waals surface area contributed by atoms with Crippen LogP contribution in [0, 0.1) is 11.3 Å². The van der Waals surface area contributed by atoms with E-state index in [1.807, 2.05) is 13.8 Å². The molecule has 1 aliphatic rings. The first kappa shape index (κ1) is 11.9. The van der Waals surface area contributed by atoms with E-state index in [1.54, 1.807) is 0 Å². The second-order valence-corrected chi connectivity index (χ2v) is 4.77. The van der Waals surface area contributed by atoms with Crippen molar-refractivity contribution in [1.29, 1.82) is 5.26 Å². The molecule has 1 unspecified atom stereocenters. The number of hydrogen-bond acceptors (Lipinski definition) is 3. The maximum atomic E-state index is 9.29. The molecule has 1 N–H and O–H groups in total. The molecule has 0 aromatic heterocycles. The van der Waals surface area contributed by atoms with Gasteiger partial charge in [-0.3, -0.25) is 5.32 Å². The number of fused-ring (bicyclic) bond motifs is 1. The molecule has 1 heterocycles. The molecular weight excluding hydrogens is 210 g/mol. The molecule has 0 radical (unpaired) electrons. The van der Waals surface area contributed by atoms with Gasteiger partial charge in [0.15, 0.2) is 0 Å². The number of likely N-dealkylation sites (N-methyl/N-ethyl adjacent to an activating group) is 1. The summed E-state index contributed by atoms with van der Waals surface area (Å²) in [5, 5.41) is 12.5. The molecule has 0 spiro atoms. The molecule has 0 saturated heterocycles. The molecule has 1 aromatic rings. The van der Waals surface area contributed by atoms with E-state index in [0.29, 0.717) is 0 Å². The zero-order valence-corrected chi connectivity index (χ0v) is 10.5. The lowest BCUT2D eigenvalue weighted by Crippen LogP contribution is -2.50. The SMILES string of the molecule is CCNC(C)(C#N)CN1CCc2ccccc21. The summed E-state index contributed by atoms with van der Waals surface area (Å²) < 4.78 is 0. The zero-order chi connectivity index (χ0) is 12.3. The molecule has 90 valence electrons. The van der Waals surface area contributed by atoms with Crippen molar-refractivity contribution in [2.45, 2.75) is 25.8 Å². The molecule has 0 bridgehead atoms. The Kier molecular flexibility index (Phi) is 3.35. The van der Waals surface area contributed by atoms with E-state index in [-0.39, 0.29) is 0 Å². The van der Waals surface area contributed by atoms with Gasteiger partial charge < -0.3 is 4.90 Å². The highest BCUT2D eigenvalue weighted by molar-refractivity contribution is 5.58. The summed E-state index contributed by atoms with van der Waals surface area (Å²) in [7, 11) is 0. The Morgan fingerprint density at radius 3 is 2.94 bits per heavy atom. The van der Waals surface area contributed by atoms with Crippen molar-refractivity contribution in [2.24, 2.45) is 0 Å². The predicted molar refractivity (Wildman–Crippen MR) is 70.1 cm³/mol. The van der Waals surface area contributed by atoms with Gasteiger partial charge in [-0.05, 0) is 31.5 Å². The lowest BCUT2D eigenvalue weighted by atomic mass is 10.0. The minimum Gasteiger partial charge on any atom is -0.368 e. The van der Waals surface area contributed by atoms with E-state index in [4.69, 9.17) is 0 Å². The maximum Gasteiger partial charge on any atom is 0.121 e. The fourth-order valence-corrected chi connectivity index (χ4v) is 2.47. The van der Waals surface area contributed by atoms with E-state index in [2.05, 4.69) is 40.6 Å². The smallest absolute Gasteiger partial charge is 0.121 e. The van der Waals surface area contributed by atoms with Crippen LogP contribution in [0.15, 0.2) is 24.3 Å². The minimum atomic E-state index is -0.466. The van der Waals surface area contributed by atoms with E-state index in [0.717, 1.165) is 26.1 Å². The molecule has 0 aliphatic carbocycles. The van der Waals surface area contributed by atoms with Gasteiger partial charge in [-0.25, -0.2) is 0 Å². The summed E-state index contributed by atoms with van der Waals surface area (Å²) in [6, 6.07) is 10.8. The lowest BCUT2D eigenvalue weighted by molar-refractivity contribution is 0.457. The second-order valence-electron chi connectivity index (χ2n) is 4.77. The van der Waals surface area contributed by atoms with E-state index in [1.165, 1.54) is 11.3 Å². The number of benzene rings is 1. The van der Waals surface area contributed by atoms with Crippen LogP contribution in [0.4, 0.5) is 5.69 Å². The quantitative estimate of drug-likeness (QED) is 0.857. The monoisotopic (exact) mass is 229 g/mol. The summed E-state index contributed by atoms with van der Waals surface area (Å²) in [4.78, 5) is 2.31. The topological polar surface area (TPSA) is 39.1 Å². The second kappa shape index (κ2) is 4.77. The van der Waals surface area contributed by atoms with Gasteiger partial charge in [-0.1, -0.05) is 25.1 Å². The Balaban J connectivity index is 2.14. The van der Waals surface area contributed by atoms with Crippen LogP contribution in [0.5, 0.6) is 0 Å². The van der Waals surface area contributed by atoms with Gasteiger partial charge in [0.1, 0.15) is 5.54 Å². The normalized spacial score (nSPS) is 17.4. The Morgan fingerprint density at radius 2 is 2.24 bits per heavy atom. The number of hydrogen-bond donors (Lipinski definition) is 1. The largest absolute Gasteiger partial charge is 0.368 e. The van der Waals surface area contributed by atoms with Crippen molar-refractivity contribution >= 4 is 5.69 Å². The standard InChI is InChI=1S/C14H19N3/c1-3-16-14(2,10-15)11-17-9-8-12-6-4-5-7-13(12)17/h4-7,16H,3,8-9,11H2,1-2H3. The lowest BCUT2D eigenvalue weighted by Gasteiger charge is -2.30. The number of nitrogens with one attached hydrogen (secondary N) is 1. The third-order valence-corrected chi connectivity index (χ3v) is 3.30. The number of nitriles is 1. The van der Waals surface area contributed by atoms with Gasteiger partial charge >= 0.3 is 0 Å². The van der Waals surface area contributed by atoms with Crippen molar-refractivity contribution in [3.8, 4) is 6.07 Å². The van der Waals surface area contributed by atoms with Crippen molar-refractivity contribution in [3.63, 3.8) is 0 Å². The van der Waals surface area contributed by atoms with Gasteiger partial charge in [-0.2, -0.15) is 5.26 Å². The predicted octanol–water partition coefficient (Wildman–Crippen LogP) is 1.94. The van der Waals surface area contributed by atoms with Crippen molar-refractivity contribution < 1.29 is 0 Å². The first-order valence-corrected chi connectivity index (χ1v) is 6.17. The number of rotatable bonds is 4. The van der Waals surface area contributed by atoms with E-state index in [9.17, 15) is 5.26 Å². The molecule has 0 fully saturated rings. The summed E-state index contributed by atoms with van der Waals surface area (Å²) in [5.41, 5.74) is 2.21. The summed E-state index contributed by atoms with van der Waals surface area (Å²) >= 11 is 0. The Morgan fingerprint density at radius 1 is 1.47 bits per heavy atom. The minimum absolute atomic E-state index is 0.466. The molecule has 1 aliphatic heterocycles. The number of para-hydroxylation sites is 1. The van der Waals surface area contributed by atoms with Crippen molar-refractivity contribution in [2.75, 3.05) is 24.5 Å². The molecule has 17 heavy (non-hydrogen) atoms. The third kappa shape index (κ3) is 2.42. The molecule has 0 saturated carbocycles. The van der Waals surface area contributed by atoms with Crippen LogP contribution < -0.4 is 10.2 Å². The third-order valence-electron chi connectivity index (χ3n) is 3.30. The first-order chi connectivity index (χ1) is 8.18. The zero-order valence-electron chi connectivity index (χ0n) is 10.5. The van der Waals surface area contributed by atoms with Gasteiger partial charge in [0.2, 0.25) is 0 Å². The number of nitrogens with zero attached hydrogens (tertiary/aromatic N) is 2. The Labute approximate surface area is 103 Å². The van der Waals surface area contributed by atoms with E-state index < -0.39 is 5.54 Å². The summed E-state index contributed by atoms with van der Waals surface area (Å²) in [5.74, 6) is 0. The maximum absolute atomic E-state index is 9.29. The van der Waals surface area contributed by atoms with Crippen LogP contribution in [0.1, 0.15) is 19.4 Å². The van der Waals surface area contributed by atoms with E-state index >= 15 is 0 Å². The van der Waals surface area contributed by atoms with Crippen LogP contribution in [-0.4, -0.2) is 25.2 Å². The summed E-state index contributed by atoms with van der Waals surface area (Å²) in [6.07, 6.45) is 1.09. The molecule has 0 amide bonds. The van der Waals surface area contributed by atoms with Gasteiger partial charge in [0.25, 0.3) is 0 Å². The molecule has 3 heteroatoms. The molecule has 2 rings (SSSR count). The van der Waals surface area contributed by atoms with Crippen molar-refractivity contribution in [3.05, 3.63) is 29.8 Å². The molecule has 1 aromatic carbocycles. The van der Waals surface area contributed by atoms with Gasteiger partial charge in [0.05, 0.1) is 6.07 Å². The Hall–Kier alpha value is -1.53. The number of anilines is 1. The fourth-order valence-electron chi connectivity index (χ4n) is 2.47. The molecule has 3 nitrogen and oxygen atoms in total. The highest BCUT2D eigenvalue weighted by Gasteiger charge is 2.29. The van der Waals surface area contributed by atoms with Crippen LogP contribution in [0.25, 0.3) is 0 Å². The van der Waals surface area contributed by atoms with Gasteiger partial charge in [-0.15, -0.1) is 0 Å². The van der Waals surface area contributed by atoms with Crippen molar-refractivity contribution in [1.82, 2.24) is 5.32 Å². The van der Waals surface area contributed by atoms with Gasteiger partial charge in [0, 0.05) is 18.8 Å². The summed E-state index contributed by atoms with van der Waals surface area (Å²) in [6.45, 7) is 6.58. The Bertz CT molecular complexity index is 435. The average Bonchev–Trinajstić information content (AvgIpc) is 2.73. The highest BCUT2D eigenvalue weighted by atomic mass is 15.2. The van der Waals surface area contributed by atoms with Crippen LogP contribution >= 0.6 is 0 Å². The first-order valence-electron chi connectivity index (χ1n) is 6.17. The molecule has 1 atom stereocenters. The fraction of sp³-hybridized carbons (Fsp3) is 0.500.